The van der Waals surface area contributed by atoms with Crippen molar-refractivity contribution < 1.29 is 4.74 Å². The summed E-state index contributed by atoms with van der Waals surface area (Å²) in [7, 11) is 1.69. The summed E-state index contributed by atoms with van der Waals surface area (Å²) in [5.41, 5.74) is 9.69. The van der Waals surface area contributed by atoms with Crippen LogP contribution in [-0.2, 0) is 6.54 Å². The van der Waals surface area contributed by atoms with E-state index in [4.69, 9.17) is 15.9 Å². The lowest BCUT2D eigenvalue weighted by molar-refractivity contribution is 0.122. The summed E-state index contributed by atoms with van der Waals surface area (Å²) in [6.07, 6.45) is 4.20. The number of ether oxygens (including phenoxy) is 1. The van der Waals surface area contributed by atoms with Crippen molar-refractivity contribution in [3.63, 3.8) is 0 Å². The zero-order valence-electron chi connectivity index (χ0n) is 14.3. The number of nitrogens with two attached hydrogens (primary N) is 1. The van der Waals surface area contributed by atoms with Gasteiger partial charge in [0, 0.05) is 62.3 Å². The molecule has 5 heteroatoms. The van der Waals surface area contributed by atoms with Crippen molar-refractivity contribution in [2.24, 2.45) is 5.92 Å². The number of piperazine rings is 1. The van der Waals surface area contributed by atoms with E-state index < -0.39 is 0 Å². The van der Waals surface area contributed by atoms with Crippen LogP contribution in [0.3, 0.4) is 0 Å². The number of anilines is 1. The first-order chi connectivity index (χ1) is 11.1. The first-order valence-electron chi connectivity index (χ1n) is 8.53. The van der Waals surface area contributed by atoms with Crippen molar-refractivity contribution in [1.29, 1.82) is 5.41 Å². The van der Waals surface area contributed by atoms with E-state index in [1.165, 1.54) is 25.6 Å². The third-order valence-corrected chi connectivity index (χ3v) is 5.11. The summed E-state index contributed by atoms with van der Waals surface area (Å²) >= 11 is 0. The zero-order valence-corrected chi connectivity index (χ0v) is 14.3. The molecule has 5 nitrogen and oxygen atoms in total. The average Bonchev–Trinajstić information content (AvgIpc) is 3.37. The highest BCUT2D eigenvalue weighted by Gasteiger charge is 2.27. The molecule has 0 radical (unpaired) electrons. The molecule has 0 aromatic heterocycles. The van der Waals surface area contributed by atoms with E-state index in [0.29, 0.717) is 5.69 Å². The smallest absolute Gasteiger partial charge is 0.124 e. The molecule has 1 aliphatic heterocycles. The van der Waals surface area contributed by atoms with Crippen LogP contribution in [0, 0.1) is 18.3 Å². The number of aryl methyl sites for hydroxylation is 1. The third kappa shape index (κ3) is 3.67. The molecule has 0 unspecified atom stereocenters. The second-order valence-corrected chi connectivity index (χ2v) is 6.87. The molecule has 1 saturated carbocycles. The normalized spacial score (nSPS) is 19.7. The fourth-order valence-electron chi connectivity index (χ4n) is 3.40. The van der Waals surface area contributed by atoms with E-state index in [0.717, 1.165) is 61.1 Å². The molecule has 1 heterocycles. The van der Waals surface area contributed by atoms with Crippen molar-refractivity contribution in [3.05, 3.63) is 22.8 Å². The highest BCUT2D eigenvalue weighted by atomic mass is 16.5. The average molecular weight is 316 g/mol. The van der Waals surface area contributed by atoms with E-state index >= 15 is 0 Å². The molecule has 0 amide bonds. The number of methoxy groups -OCH3 is 1. The Morgan fingerprint density at radius 1 is 1.26 bits per heavy atom. The van der Waals surface area contributed by atoms with Gasteiger partial charge in [0.15, 0.2) is 0 Å². The predicted octanol–water partition coefficient (Wildman–Crippen LogP) is 2.11. The molecule has 23 heavy (non-hydrogen) atoms. The fourth-order valence-corrected chi connectivity index (χ4v) is 3.40. The second-order valence-electron chi connectivity index (χ2n) is 6.87. The second kappa shape index (κ2) is 6.89. The Morgan fingerprint density at radius 2 is 1.91 bits per heavy atom. The van der Waals surface area contributed by atoms with Crippen molar-refractivity contribution in [1.82, 2.24) is 9.80 Å². The van der Waals surface area contributed by atoms with Gasteiger partial charge in [0.05, 0.1) is 7.11 Å². The maximum absolute atomic E-state index is 7.74. The van der Waals surface area contributed by atoms with Gasteiger partial charge in [-0.25, -0.2) is 0 Å². The summed E-state index contributed by atoms with van der Waals surface area (Å²) in [4.78, 5) is 5.04. The van der Waals surface area contributed by atoms with Crippen LogP contribution in [0.25, 0.3) is 0 Å². The standard InChI is InChI=1S/C18H28N4O/c1-13-9-17(23-2)16(15(10-19)18(13)20)12-22-7-5-21(6-8-22)11-14-3-4-14/h9-10,14,19H,3-8,11-12,20H2,1-2H3. The van der Waals surface area contributed by atoms with Gasteiger partial charge in [-0.05, 0) is 37.3 Å². The minimum absolute atomic E-state index is 0.697. The summed E-state index contributed by atoms with van der Waals surface area (Å²) < 4.78 is 5.55. The van der Waals surface area contributed by atoms with E-state index in [-0.39, 0.29) is 0 Å². The molecule has 2 aliphatic rings. The highest BCUT2D eigenvalue weighted by molar-refractivity contribution is 5.89. The first kappa shape index (κ1) is 16.3. The van der Waals surface area contributed by atoms with Crippen LogP contribution in [0.2, 0.25) is 0 Å². The fraction of sp³-hybridized carbons (Fsp3) is 0.611. The summed E-state index contributed by atoms with van der Waals surface area (Å²) in [5.74, 6) is 1.80. The van der Waals surface area contributed by atoms with Gasteiger partial charge in [-0.3, -0.25) is 4.90 Å². The molecule has 126 valence electrons. The van der Waals surface area contributed by atoms with E-state index in [2.05, 4.69) is 9.80 Å². The number of nitrogen functional groups attached to an aromatic ring is 1. The summed E-state index contributed by atoms with van der Waals surface area (Å²) in [5, 5.41) is 7.74. The molecule has 2 fully saturated rings. The Bertz CT molecular complexity index is 575. The lowest BCUT2D eigenvalue weighted by atomic mass is 10.00. The van der Waals surface area contributed by atoms with Crippen LogP contribution >= 0.6 is 0 Å². The molecule has 1 saturated heterocycles. The van der Waals surface area contributed by atoms with Gasteiger partial charge in [-0.1, -0.05) is 0 Å². The van der Waals surface area contributed by atoms with Crippen LogP contribution in [-0.4, -0.2) is 55.8 Å². The monoisotopic (exact) mass is 316 g/mol. The number of nitrogens with zero attached hydrogens (tertiary/aromatic N) is 2. The van der Waals surface area contributed by atoms with E-state index in [9.17, 15) is 0 Å². The van der Waals surface area contributed by atoms with Crippen LogP contribution in [0.15, 0.2) is 6.07 Å². The van der Waals surface area contributed by atoms with Crippen molar-refractivity contribution in [2.75, 3.05) is 45.6 Å². The molecule has 0 bridgehead atoms. The van der Waals surface area contributed by atoms with Crippen LogP contribution < -0.4 is 10.5 Å². The van der Waals surface area contributed by atoms with E-state index in [1.54, 1.807) is 7.11 Å². The van der Waals surface area contributed by atoms with Gasteiger partial charge in [0.1, 0.15) is 5.75 Å². The summed E-state index contributed by atoms with van der Waals surface area (Å²) in [6, 6.07) is 1.99. The quantitative estimate of drug-likeness (QED) is 0.623. The minimum atomic E-state index is 0.697. The lowest BCUT2D eigenvalue weighted by Gasteiger charge is -2.35. The number of nitrogens with one attached hydrogen (secondary N) is 1. The third-order valence-electron chi connectivity index (χ3n) is 5.11. The van der Waals surface area contributed by atoms with Crippen LogP contribution in [0.4, 0.5) is 5.69 Å². The first-order valence-corrected chi connectivity index (χ1v) is 8.53. The van der Waals surface area contributed by atoms with Crippen molar-refractivity contribution in [2.45, 2.75) is 26.3 Å². The maximum atomic E-state index is 7.74. The van der Waals surface area contributed by atoms with Crippen molar-refractivity contribution in [3.8, 4) is 5.75 Å². The largest absolute Gasteiger partial charge is 0.496 e. The zero-order chi connectivity index (χ0) is 16.4. The van der Waals surface area contributed by atoms with Gasteiger partial charge in [0.2, 0.25) is 0 Å². The molecule has 3 N–H and O–H groups in total. The highest BCUT2D eigenvalue weighted by Crippen LogP contribution is 2.32. The van der Waals surface area contributed by atoms with E-state index in [1.807, 2.05) is 13.0 Å². The Kier molecular flexibility index (Phi) is 4.87. The van der Waals surface area contributed by atoms with Gasteiger partial charge in [-0.2, -0.15) is 0 Å². The van der Waals surface area contributed by atoms with Crippen LogP contribution in [0.5, 0.6) is 5.75 Å². The van der Waals surface area contributed by atoms with Crippen molar-refractivity contribution >= 4 is 11.9 Å². The van der Waals surface area contributed by atoms with Gasteiger partial charge >= 0.3 is 0 Å². The molecular formula is C18H28N4O. The Hall–Kier alpha value is -1.59. The SMILES string of the molecule is COc1cc(C)c(N)c(C=N)c1CN1CCN(CC2CC2)CC1. The van der Waals surface area contributed by atoms with Gasteiger partial charge in [0.25, 0.3) is 0 Å². The molecule has 1 aromatic carbocycles. The molecular weight excluding hydrogens is 288 g/mol. The lowest BCUT2D eigenvalue weighted by Crippen LogP contribution is -2.46. The Balaban J connectivity index is 1.69. The number of rotatable bonds is 6. The number of hydrogen-bond donors (Lipinski definition) is 2. The molecule has 0 atom stereocenters. The van der Waals surface area contributed by atoms with Crippen LogP contribution in [0.1, 0.15) is 29.5 Å². The maximum Gasteiger partial charge on any atom is 0.124 e. The molecule has 0 spiro atoms. The van der Waals surface area contributed by atoms with Gasteiger partial charge in [-0.15, -0.1) is 0 Å². The molecule has 1 aromatic rings. The number of hydrogen-bond acceptors (Lipinski definition) is 5. The Morgan fingerprint density at radius 3 is 2.48 bits per heavy atom. The molecule has 1 aliphatic carbocycles. The topological polar surface area (TPSA) is 65.6 Å². The molecule has 3 rings (SSSR count). The summed E-state index contributed by atoms with van der Waals surface area (Å²) in [6.45, 7) is 8.46. The Labute approximate surface area is 138 Å². The minimum Gasteiger partial charge on any atom is -0.496 e. The number of benzene rings is 1. The van der Waals surface area contributed by atoms with Gasteiger partial charge < -0.3 is 20.8 Å². The predicted molar refractivity (Wildman–Crippen MR) is 94.5 cm³/mol.